The second kappa shape index (κ2) is 9.64. The Hall–Kier alpha value is -3.36. The van der Waals surface area contributed by atoms with E-state index >= 15 is 0 Å². The van der Waals surface area contributed by atoms with E-state index in [9.17, 15) is 4.39 Å². The van der Waals surface area contributed by atoms with E-state index < -0.39 is 0 Å². The fourth-order valence-corrected chi connectivity index (χ4v) is 3.66. The van der Waals surface area contributed by atoms with Gasteiger partial charge in [-0.1, -0.05) is 28.4 Å². The van der Waals surface area contributed by atoms with Crippen molar-refractivity contribution in [2.24, 2.45) is 19.3 Å². The summed E-state index contributed by atoms with van der Waals surface area (Å²) in [6.45, 7) is 1.94. The predicted molar refractivity (Wildman–Crippen MR) is 125 cm³/mol. The first-order valence-electron chi connectivity index (χ1n) is 9.93. The molecule has 0 N–H and O–H groups in total. The van der Waals surface area contributed by atoms with E-state index in [0.717, 1.165) is 5.69 Å². The Morgan fingerprint density at radius 1 is 1.00 bits per heavy atom. The van der Waals surface area contributed by atoms with Crippen LogP contribution in [0.5, 0.6) is 11.6 Å². The third kappa shape index (κ3) is 5.02. The fraction of sp³-hybridized carbons (Fsp3) is 0.174. The lowest BCUT2D eigenvalue weighted by atomic mass is 10.1. The second-order valence-electron chi connectivity index (χ2n) is 7.23. The predicted octanol–water partition coefficient (Wildman–Crippen LogP) is 5.92. The van der Waals surface area contributed by atoms with E-state index in [1.165, 1.54) is 12.1 Å². The van der Waals surface area contributed by atoms with Crippen LogP contribution in [0.2, 0.25) is 10.0 Å². The molecule has 0 amide bonds. The minimum Gasteiger partial charge on any atom is -0.439 e. The van der Waals surface area contributed by atoms with Gasteiger partial charge in [0.1, 0.15) is 17.3 Å². The average molecular weight is 488 g/mol. The lowest BCUT2D eigenvalue weighted by Gasteiger charge is -2.07. The van der Waals surface area contributed by atoms with Crippen molar-refractivity contribution < 1.29 is 14.0 Å². The van der Waals surface area contributed by atoms with Crippen LogP contribution in [-0.2, 0) is 25.5 Å². The molecular formula is C23H20Cl2FN5O2. The van der Waals surface area contributed by atoms with Gasteiger partial charge in [0, 0.05) is 24.7 Å². The summed E-state index contributed by atoms with van der Waals surface area (Å²) in [5.41, 5.74) is 3.29. The fourth-order valence-electron chi connectivity index (χ4n) is 3.21. The summed E-state index contributed by atoms with van der Waals surface area (Å²) < 4.78 is 22.4. The van der Waals surface area contributed by atoms with Crippen molar-refractivity contribution in [1.29, 1.82) is 0 Å². The maximum atomic E-state index is 13.2. The SMILES string of the molecule is Cc1nn(C)c(Oc2ccc(Cl)cc2)c1/C=N\OCc1c(Cl)c(-c2ccc(F)cc2)nn1C. The van der Waals surface area contributed by atoms with E-state index in [1.807, 2.05) is 6.92 Å². The third-order valence-corrected chi connectivity index (χ3v) is 5.57. The van der Waals surface area contributed by atoms with Gasteiger partial charge < -0.3 is 9.57 Å². The van der Waals surface area contributed by atoms with Gasteiger partial charge in [-0.3, -0.25) is 4.68 Å². The van der Waals surface area contributed by atoms with Crippen molar-refractivity contribution in [3.05, 3.63) is 81.3 Å². The highest BCUT2D eigenvalue weighted by atomic mass is 35.5. The minimum absolute atomic E-state index is 0.0900. The monoisotopic (exact) mass is 487 g/mol. The molecule has 33 heavy (non-hydrogen) atoms. The molecule has 0 fully saturated rings. The molecule has 2 heterocycles. The molecule has 0 aliphatic rings. The van der Waals surface area contributed by atoms with Gasteiger partial charge in [0.05, 0.1) is 28.2 Å². The number of halogens is 3. The Morgan fingerprint density at radius 3 is 2.39 bits per heavy atom. The number of aryl methyl sites for hydroxylation is 3. The number of nitrogens with zero attached hydrogens (tertiary/aromatic N) is 5. The first kappa shape index (κ1) is 22.8. The zero-order valence-electron chi connectivity index (χ0n) is 18.1. The highest BCUT2D eigenvalue weighted by Gasteiger charge is 2.17. The zero-order chi connectivity index (χ0) is 23.5. The van der Waals surface area contributed by atoms with Crippen LogP contribution in [0.25, 0.3) is 11.3 Å². The van der Waals surface area contributed by atoms with Crippen molar-refractivity contribution in [3.63, 3.8) is 0 Å². The smallest absolute Gasteiger partial charge is 0.226 e. The molecule has 4 rings (SSSR count). The first-order chi connectivity index (χ1) is 15.8. The largest absolute Gasteiger partial charge is 0.439 e. The molecule has 0 bridgehead atoms. The molecule has 0 aliphatic heterocycles. The Balaban J connectivity index is 1.48. The lowest BCUT2D eigenvalue weighted by molar-refractivity contribution is 0.126. The van der Waals surface area contributed by atoms with Gasteiger partial charge in [0.25, 0.3) is 0 Å². The van der Waals surface area contributed by atoms with E-state index in [1.54, 1.807) is 66.1 Å². The normalized spacial score (nSPS) is 11.3. The Kier molecular flexibility index (Phi) is 6.67. The Morgan fingerprint density at radius 2 is 1.70 bits per heavy atom. The van der Waals surface area contributed by atoms with Gasteiger partial charge in [-0.25, -0.2) is 9.07 Å². The van der Waals surface area contributed by atoms with E-state index in [4.69, 9.17) is 32.8 Å². The number of aromatic nitrogens is 4. The molecule has 10 heteroatoms. The van der Waals surface area contributed by atoms with Crippen molar-refractivity contribution in [3.8, 4) is 22.9 Å². The molecule has 0 unspecified atom stereocenters. The van der Waals surface area contributed by atoms with Crippen LogP contribution in [0.4, 0.5) is 4.39 Å². The molecule has 0 atom stereocenters. The second-order valence-corrected chi connectivity index (χ2v) is 8.05. The summed E-state index contributed by atoms with van der Waals surface area (Å²) in [5, 5.41) is 13.9. The standard InChI is InChI=1S/C23H20Cl2FN5O2/c1-14-19(23(31(3)28-14)33-18-10-6-16(24)7-11-18)12-27-32-13-20-21(25)22(29-30(20)2)15-4-8-17(26)9-5-15/h4-12H,13H2,1-3H3/b27-12-. The maximum absolute atomic E-state index is 13.2. The summed E-state index contributed by atoms with van der Waals surface area (Å²) in [6, 6.07) is 13.0. The average Bonchev–Trinajstić information content (AvgIpc) is 3.22. The number of rotatable bonds is 7. The molecule has 170 valence electrons. The van der Waals surface area contributed by atoms with E-state index in [0.29, 0.717) is 44.2 Å². The minimum atomic E-state index is -0.325. The first-order valence-corrected chi connectivity index (χ1v) is 10.7. The number of hydrogen-bond donors (Lipinski definition) is 0. The van der Waals surface area contributed by atoms with Crippen LogP contribution in [0, 0.1) is 12.7 Å². The molecule has 0 saturated carbocycles. The molecule has 7 nitrogen and oxygen atoms in total. The van der Waals surface area contributed by atoms with Crippen LogP contribution in [0.3, 0.4) is 0 Å². The van der Waals surface area contributed by atoms with Gasteiger partial charge in [-0.05, 0) is 55.5 Å². The number of oxime groups is 1. The summed E-state index contributed by atoms with van der Waals surface area (Å²) in [7, 11) is 3.54. The quantitative estimate of drug-likeness (QED) is 0.239. The zero-order valence-corrected chi connectivity index (χ0v) is 19.6. The van der Waals surface area contributed by atoms with Gasteiger partial charge in [-0.2, -0.15) is 10.2 Å². The molecule has 2 aromatic carbocycles. The number of ether oxygens (including phenoxy) is 1. The lowest BCUT2D eigenvalue weighted by Crippen LogP contribution is -2.00. The van der Waals surface area contributed by atoms with Crippen LogP contribution in [0.15, 0.2) is 53.7 Å². The number of hydrogen-bond acceptors (Lipinski definition) is 5. The summed E-state index contributed by atoms with van der Waals surface area (Å²) in [5.74, 6) is 0.807. The maximum Gasteiger partial charge on any atom is 0.226 e. The van der Waals surface area contributed by atoms with Crippen LogP contribution in [-0.4, -0.2) is 25.8 Å². The van der Waals surface area contributed by atoms with Crippen LogP contribution < -0.4 is 4.74 Å². The molecule has 0 aliphatic carbocycles. The molecule has 0 spiro atoms. The van der Waals surface area contributed by atoms with Crippen LogP contribution in [0.1, 0.15) is 17.0 Å². The van der Waals surface area contributed by atoms with Crippen LogP contribution >= 0.6 is 23.2 Å². The Bertz CT molecular complexity index is 1300. The Labute approximate surface area is 199 Å². The van der Waals surface area contributed by atoms with E-state index in [2.05, 4.69) is 15.4 Å². The van der Waals surface area contributed by atoms with Gasteiger partial charge >= 0.3 is 0 Å². The van der Waals surface area contributed by atoms with Crippen molar-refractivity contribution in [2.45, 2.75) is 13.5 Å². The third-order valence-electron chi connectivity index (χ3n) is 4.92. The summed E-state index contributed by atoms with van der Waals surface area (Å²) >= 11 is 12.4. The van der Waals surface area contributed by atoms with Gasteiger partial charge in [-0.15, -0.1) is 0 Å². The molecule has 2 aromatic heterocycles. The molecular weight excluding hydrogens is 468 g/mol. The molecule has 0 radical (unpaired) electrons. The van der Waals surface area contributed by atoms with Crippen molar-refractivity contribution in [1.82, 2.24) is 19.6 Å². The summed E-state index contributed by atoms with van der Waals surface area (Å²) in [4.78, 5) is 5.49. The molecule has 4 aromatic rings. The topological polar surface area (TPSA) is 66.5 Å². The highest BCUT2D eigenvalue weighted by molar-refractivity contribution is 6.33. The van der Waals surface area contributed by atoms with Crippen molar-refractivity contribution in [2.75, 3.05) is 0 Å². The van der Waals surface area contributed by atoms with Crippen molar-refractivity contribution >= 4 is 29.4 Å². The number of benzene rings is 2. The van der Waals surface area contributed by atoms with Gasteiger partial charge in [0.15, 0.2) is 6.61 Å². The van der Waals surface area contributed by atoms with Gasteiger partial charge in [0.2, 0.25) is 5.88 Å². The highest BCUT2D eigenvalue weighted by Crippen LogP contribution is 2.31. The van der Waals surface area contributed by atoms with E-state index in [-0.39, 0.29) is 12.4 Å². The molecule has 0 saturated heterocycles. The summed E-state index contributed by atoms with van der Waals surface area (Å²) in [6.07, 6.45) is 1.54.